The van der Waals surface area contributed by atoms with E-state index in [1.165, 1.54) is 16.7 Å². The topological polar surface area (TPSA) is 111 Å². The number of nitrogens with one attached hydrogen (secondary N) is 3. The minimum atomic E-state index is -1.61. The molecule has 4 N–H and O–H groups in total. The first kappa shape index (κ1) is 31.4. The smallest absolute Gasteiger partial charge is 0.319 e. The minimum Gasteiger partial charge on any atom is -0.381 e. The summed E-state index contributed by atoms with van der Waals surface area (Å²) >= 11 is 7.76. The maximum Gasteiger partial charge on any atom is 0.319 e. The van der Waals surface area contributed by atoms with Gasteiger partial charge in [-0.05, 0) is 62.4 Å². The number of aliphatic hydroxyl groups is 1. The van der Waals surface area contributed by atoms with Gasteiger partial charge in [-0.1, -0.05) is 78.3 Å². The Morgan fingerprint density at radius 2 is 1.67 bits per heavy atom. The van der Waals surface area contributed by atoms with E-state index in [0.29, 0.717) is 17.3 Å². The summed E-state index contributed by atoms with van der Waals surface area (Å²) in [7, 11) is 0. The minimum absolute atomic E-state index is 0.192. The highest BCUT2D eigenvalue weighted by Crippen LogP contribution is 2.40. The van der Waals surface area contributed by atoms with Crippen molar-refractivity contribution in [3.8, 4) is 0 Å². The van der Waals surface area contributed by atoms with Gasteiger partial charge in [0.05, 0.1) is 22.6 Å². The van der Waals surface area contributed by atoms with Gasteiger partial charge in [0, 0.05) is 11.3 Å². The van der Waals surface area contributed by atoms with Crippen molar-refractivity contribution in [2.45, 2.75) is 63.6 Å². The molecule has 0 bridgehead atoms. The number of benzene rings is 3. The van der Waals surface area contributed by atoms with Crippen LogP contribution in [-0.4, -0.2) is 56.7 Å². The van der Waals surface area contributed by atoms with Crippen molar-refractivity contribution in [1.82, 2.24) is 15.5 Å². The molecule has 222 valence electrons. The number of aryl methyl sites for hydroxylation is 2. The predicted molar refractivity (Wildman–Crippen MR) is 168 cm³/mol. The van der Waals surface area contributed by atoms with Crippen LogP contribution < -0.4 is 16.0 Å². The maximum absolute atomic E-state index is 13.8. The first-order valence-electron chi connectivity index (χ1n) is 13.8. The van der Waals surface area contributed by atoms with Crippen LogP contribution in [0.2, 0.25) is 5.02 Å². The molecule has 3 atom stereocenters. The number of nitrogens with zero attached hydrogens (tertiary/aromatic N) is 1. The van der Waals surface area contributed by atoms with Crippen LogP contribution in [0.4, 0.5) is 10.5 Å². The van der Waals surface area contributed by atoms with Gasteiger partial charge in [0.2, 0.25) is 5.91 Å². The van der Waals surface area contributed by atoms with Crippen LogP contribution in [0.5, 0.6) is 0 Å². The fraction of sp³-hybridized carbons (Fsp3) is 0.344. The Morgan fingerprint density at radius 1 is 1.00 bits per heavy atom. The third-order valence-electron chi connectivity index (χ3n) is 7.50. The van der Waals surface area contributed by atoms with Crippen molar-refractivity contribution in [3.05, 3.63) is 100 Å². The third kappa shape index (κ3) is 7.45. The van der Waals surface area contributed by atoms with Crippen LogP contribution in [0, 0.1) is 13.8 Å². The molecule has 1 heterocycles. The average Bonchev–Trinajstić information content (AvgIpc) is 3.28. The maximum atomic E-state index is 13.8. The van der Waals surface area contributed by atoms with Crippen molar-refractivity contribution < 1.29 is 19.5 Å². The number of rotatable bonds is 9. The van der Waals surface area contributed by atoms with E-state index < -0.39 is 34.9 Å². The fourth-order valence-electron chi connectivity index (χ4n) is 5.06. The third-order valence-corrected chi connectivity index (χ3v) is 9.19. The Hall–Kier alpha value is -3.53. The van der Waals surface area contributed by atoms with Crippen LogP contribution in [-0.2, 0) is 22.6 Å². The first-order chi connectivity index (χ1) is 20.0. The zero-order valence-electron chi connectivity index (χ0n) is 24.2. The SMILES string of the molecule is Cc1ccccc1CNC(=O)[C@H]1N(C(=O)[C@@H](O)[C@H](Cc2ccccc2)NC(=O)Nc2c(C)cccc2Cl)CSC1(C)C. The summed E-state index contributed by atoms with van der Waals surface area (Å²) in [4.78, 5) is 41.9. The number of aliphatic hydroxyl groups excluding tert-OH is 1. The van der Waals surface area contributed by atoms with Gasteiger partial charge in [0.15, 0.2) is 6.10 Å². The average molecular weight is 609 g/mol. The Kier molecular flexibility index (Phi) is 10.2. The summed E-state index contributed by atoms with van der Waals surface area (Å²) in [5.74, 6) is -0.693. The highest BCUT2D eigenvalue weighted by molar-refractivity contribution is 8.00. The van der Waals surface area contributed by atoms with Crippen molar-refractivity contribution in [3.63, 3.8) is 0 Å². The van der Waals surface area contributed by atoms with Crippen molar-refractivity contribution in [2.75, 3.05) is 11.2 Å². The molecule has 10 heteroatoms. The van der Waals surface area contributed by atoms with Gasteiger partial charge in [-0.15, -0.1) is 11.8 Å². The monoisotopic (exact) mass is 608 g/mol. The van der Waals surface area contributed by atoms with E-state index in [9.17, 15) is 19.5 Å². The Morgan fingerprint density at radius 3 is 2.36 bits per heavy atom. The highest BCUT2D eigenvalue weighted by atomic mass is 35.5. The standard InChI is InChI=1S/C32H37ClN4O4S/c1-20-11-8-9-15-23(20)18-34-29(39)28-32(3,4)42-19-37(28)30(40)27(38)25(17-22-13-6-5-7-14-22)35-31(41)36-26-21(2)12-10-16-24(26)33/h5-16,25,27-28,38H,17-19H2,1-4H3,(H,34,39)(H2,35,36,41)/t25-,27-,28+/m0/s1. The lowest BCUT2D eigenvalue weighted by atomic mass is 9.97. The summed E-state index contributed by atoms with van der Waals surface area (Å²) in [5.41, 5.74) is 4.08. The van der Waals surface area contributed by atoms with E-state index in [0.717, 1.165) is 22.3 Å². The van der Waals surface area contributed by atoms with Gasteiger partial charge >= 0.3 is 6.03 Å². The number of anilines is 1. The van der Waals surface area contributed by atoms with E-state index in [4.69, 9.17) is 11.6 Å². The molecule has 4 rings (SSSR count). The van der Waals surface area contributed by atoms with Gasteiger partial charge in [-0.2, -0.15) is 0 Å². The van der Waals surface area contributed by atoms with Crippen molar-refractivity contribution in [1.29, 1.82) is 0 Å². The predicted octanol–water partition coefficient (Wildman–Crippen LogP) is 5.05. The number of carbonyl (C=O) groups excluding carboxylic acids is 3. The van der Waals surface area contributed by atoms with E-state index in [2.05, 4.69) is 16.0 Å². The molecule has 1 saturated heterocycles. The molecule has 0 aromatic heterocycles. The second-order valence-electron chi connectivity index (χ2n) is 11.0. The summed E-state index contributed by atoms with van der Waals surface area (Å²) < 4.78 is -0.591. The molecular weight excluding hydrogens is 572 g/mol. The Labute approximate surface area is 256 Å². The number of amides is 4. The second-order valence-corrected chi connectivity index (χ2v) is 13.0. The van der Waals surface area contributed by atoms with Gasteiger partial charge in [0.1, 0.15) is 6.04 Å². The van der Waals surface area contributed by atoms with Crippen LogP contribution in [0.15, 0.2) is 72.8 Å². The molecule has 1 aliphatic heterocycles. The lowest BCUT2D eigenvalue weighted by molar-refractivity contribution is -0.147. The number of para-hydroxylation sites is 1. The molecule has 0 spiro atoms. The molecule has 3 aromatic carbocycles. The van der Waals surface area contributed by atoms with Crippen LogP contribution >= 0.6 is 23.4 Å². The largest absolute Gasteiger partial charge is 0.381 e. The molecule has 8 nitrogen and oxygen atoms in total. The first-order valence-corrected chi connectivity index (χ1v) is 15.2. The molecule has 1 fully saturated rings. The van der Waals surface area contributed by atoms with Gasteiger partial charge < -0.3 is 26.0 Å². The van der Waals surface area contributed by atoms with Crippen LogP contribution in [0.3, 0.4) is 0 Å². The summed E-state index contributed by atoms with van der Waals surface area (Å²) in [6.45, 7) is 7.94. The van der Waals surface area contributed by atoms with E-state index >= 15 is 0 Å². The van der Waals surface area contributed by atoms with E-state index in [1.54, 1.807) is 12.1 Å². The fourth-order valence-corrected chi connectivity index (χ4v) is 6.47. The number of thioether (sulfide) groups is 1. The number of halogens is 1. The van der Waals surface area contributed by atoms with Crippen molar-refractivity contribution in [2.24, 2.45) is 0 Å². The summed E-state index contributed by atoms with van der Waals surface area (Å²) in [6.07, 6.45) is -1.42. The molecule has 0 radical (unpaired) electrons. The number of hydrogen-bond donors (Lipinski definition) is 4. The van der Waals surface area contributed by atoms with E-state index in [1.807, 2.05) is 88.4 Å². The molecule has 42 heavy (non-hydrogen) atoms. The molecule has 0 saturated carbocycles. The lowest BCUT2D eigenvalue weighted by Gasteiger charge is -2.33. The molecule has 1 aliphatic rings. The zero-order valence-corrected chi connectivity index (χ0v) is 25.8. The summed E-state index contributed by atoms with van der Waals surface area (Å²) in [6, 6.07) is 19.9. The molecule has 0 unspecified atom stereocenters. The highest BCUT2D eigenvalue weighted by Gasteiger charge is 2.49. The van der Waals surface area contributed by atoms with Crippen LogP contribution in [0.1, 0.15) is 36.1 Å². The Balaban J connectivity index is 1.53. The summed E-state index contributed by atoms with van der Waals surface area (Å²) in [5, 5.41) is 20.3. The molecule has 4 amide bonds. The van der Waals surface area contributed by atoms with Gasteiger partial charge in [-0.3, -0.25) is 9.59 Å². The van der Waals surface area contributed by atoms with Crippen molar-refractivity contribution >= 4 is 46.9 Å². The second kappa shape index (κ2) is 13.6. The zero-order chi connectivity index (χ0) is 30.4. The van der Waals surface area contributed by atoms with Gasteiger partial charge in [0.25, 0.3) is 5.91 Å². The van der Waals surface area contributed by atoms with Crippen LogP contribution in [0.25, 0.3) is 0 Å². The molecule has 0 aliphatic carbocycles. The number of carbonyl (C=O) groups is 3. The normalized spacial score (nSPS) is 17.3. The number of hydrogen-bond acceptors (Lipinski definition) is 5. The molecular formula is C32H37ClN4O4S. The van der Waals surface area contributed by atoms with E-state index in [-0.39, 0.29) is 18.2 Å². The lowest BCUT2D eigenvalue weighted by Crippen LogP contribution is -2.59. The van der Waals surface area contributed by atoms with Gasteiger partial charge in [-0.25, -0.2) is 4.79 Å². The molecule has 3 aromatic rings. The quantitative estimate of drug-likeness (QED) is 0.272. The number of urea groups is 1. The Bertz CT molecular complexity index is 1410.